The van der Waals surface area contributed by atoms with Gasteiger partial charge in [0, 0.05) is 23.5 Å². The fourth-order valence-electron chi connectivity index (χ4n) is 2.95. The van der Waals surface area contributed by atoms with Crippen molar-refractivity contribution in [2.75, 3.05) is 4.72 Å². The van der Waals surface area contributed by atoms with Crippen molar-refractivity contribution in [1.29, 1.82) is 0 Å². The molecule has 0 bridgehead atoms. The molecule has 4 rings (SSSR count). The molecule has 0 spiro atoms. The maximum Gasteiger partial charge on any atom is 0.261 e. The molecule has 4 aromatic rings. The number of carbonyl (C=O) groups excluding carboxylic acids is 1. The molecule has 2 aromatic carbocycles. The number of hydrogen-bond donors (Lipinski definition) is 1. The van der Waals surface area contributed by atoms with Gasteiger partial charge in [0.1, 0.15) is 0 Å². The molecule has 2 heterocycles. The number of ketones is 1. The summed E-state index contributed by atoms with van der Waals surface area (Å²) in [5.74, 6) is 0.621. The van der Waals surface area contributed by atoms with Crippen LogP contribution in [0.5, 0.6) is 0 Å². The lowest BCUT2D eigenvalue weighted by Gasteiger charge is -2.12. The second-order valence-electron chi connectivity index (χ2n) is 6.77. The number of nitrogens with zero attached hydrogens (tertiary/aromatic N) is 3. The van der Waals surface area contributed by atoms with E-state index in [1.54, 1.807) is 42.7 Å². The molecular formula is C22H18N4O4S. The van der Waals surface area contributed by atoms with Gasteiger partial charge in [0.25, 0.3) is 10.0 Å². The standard InChI is InChI=1S/C22H18N4O4S/c1-15(27)16-8-10-19(11-9-16)31(28,29)26-20-7-3-2-5-17(20)13-21-24-22(25-30-21)18-6-4-12-23-14-18/h2-12,14,26H,13H2,1H3. The normalized spacial score (nSPS) is 11.3. The van der Waals surface area contributed by atoms with Gasteiger partial charge in [0.05, 0.1) is 17.0 Å². The second-order valence-corrected chi connectivity index (χ2v) is 8.46. The largest absolute Gasteiger partial charge is 0.339 e. The first-order valence-electron chi connectivity index (χ1n) is 9.37. The van der Waals surface area contributed by atoms with E-state index in [1.165, 1.54) is 31.2 Å². The molecular weight excluding hydrogens is 416 g/mol. The number of carbonyl (C=O) groups is 1. The van der Waals surface area contributed by atoms with Gasteiger partial charge in [-0.3, -0.25) is 14.5 Å². The Morgan fingerprint density at radius 1 is 1.03 bits per heavy atom. The molecule has 31 heavy (non-hydrogen) atoms. The van der Waals surface area contributed by atoms with E-state index >= 15 is 0 Å². The van der Waals surface area contributed by atoms with Crippen molar-refractivity contribution in [2.45, 2.75) is 18.2 Å². The third kappa shape index (κ3) is 4.67. The Morgan fingerprint density at radius 3 is 2.52 bits per heavy atom. The van der Waals surface area contributed by atoms with Crippen molar-refractivity contribution in [1.82, 2.24) is 15.1 Å². The number of para-hydroxylation sites is 1. The number of benzene rings is 2. The minimum Gasteiger partial charge on any atom is -0.339 e. The maximum absolute atomic E-state index is 12.8. The topological polar surface area (TPSA) is 115 Å². The molecule has 1 N–H and O–H groups in total. The summed E-state index contributed by atoms with van der Waals surface area (Å²) in [7, 11) is -3.84. The zero-order chi connectivity index (χ0) is 21.8. The molecule has 9 heteroatoms. The summed E-state index contributed by atoms with van der Waals surface area (Å²) >= 11 is 0. The predicted octanol–water partition coefficient (Wildman–Crippen LogP) is 3.73. The number of pyridine rings is 1. The molecule has 0 amide bonds. The fourth-order valence-corrected chi connectivity index (χ4v) is 4.05. The highest BCUT2D eigenvalue weighted by molar-refractivity contribution is 7.92. The van der Waals surface area contributed by atoms with Crippen molar-refractivity contribution in [3.8, 4) is 11.4 Å². The lowest BCUT2D eigenvalue weighted by molar-refractivity contribution is 0.101. The van der Waals surface area contributed by atoms with Crippen LogP contribution in [0.4, 0.5) is 5.69 Å². The van der Waals surface area contributed by atoms with E-state index < -0.39 is 10.0 Å². The number of aromatic nitrogens is 3. The third-order valence-corrected chi connectivity index (χ3v) is 5.94. The van der Waals surface area contributed by atoms with Crippen LogP contribution in [0.2, 0.25) is 0 Å². The van der Waals surface area contributed by atoms with Gasteiger partial charge in [-0.25, -0.2) is 8.42 Å². The van der Waals surface area contributed by atoms with Crippen molar-refractivity contribution >= 4 is 21.5 Å². The molecule has 0 saturated carbocycles. The molecule has 0 aliphatic rings. The third-order valence-electron chi connectivity index (χ3n) is 4.56. The number of hydrogen-bond acceptors (Lipinski definition) is 7. The molecule has 0 fully saturated rings. The average Bonchev–Trinajstić information content (AvgIpc) is 3.24. The molecule has 0 atom stereocenters. The van der Waals surface area contributed by atoms with Crippen molar-refractivity contribution in [3.05, 3.63) is 90.1 Å². The van der Waals surface area contributed by atoms with E-state index in [0.29, 0.717) is 28.5 Å². The van der Waals surface area contributed by atoms with Crippen molar-refractivity contribution < 1.29 is 17.7 Å². The van der Waals surface area contributed by atoms with Gasteiger partial charge in [-0.1, -0.05) is 35.5 Å². The number of sulfonamides is 1. The maximum atomic E-state index is 12.8. The van der Waals surface area contributed by atoms with E-state index in [9.17, 15) is 13.2 Å². The summed E-state index contributed by atoms with van der Waals surface area (Å²) in [6.45, 7) is 1.43. The van der Waals surface area contributed by atoms with Crippen LogP contribution < -0.4 is 4.72 Å². The number of anilines is 1. The highest BCUT2D eigenvalue weighted by Gasteiger charge is 2.18. The van der Waals surface area contributed by atoms with E-state index in [2.05, 4.69) is 19.8 Å². The molecule has 0 aliphatic carbocycles. The Balaban J connectivity index is 1.56. The molecule has 0 radical (unpaired) electrons. The molecule has 0 unspecified atom stereocenters. The summed E-state index contributed by atoms with van der Waals surface area (Å²) in [5.41, 5.74) is 2.24. The Morgan fingerprint density at radius 2 is 1.81 bits per heavy atom. The molecule has 2 aromatic heterocycles. The van der Waals surface area contributed by atoms with Gasteiger partial charge in [0.2, 0.25) is 11.7 Å². The van der Waals surface area contributed by atoms with Gasteiger partial charge in [0.15, 0.2) is 5.78 Å². The first-order chi connectivity index (χ1) is 14.9. The zero-order valence-electron chi connectivity index (χ0n) is 16.5. The van der Waals surface area contributed by atoms with Gasteiger partial charge in [-0.15, -0.1) is 0 Å². The van der Waals surface area contributed by atoms with Gasteiger partial charge >= 0.3 is 0 Å². The number of rotatable bonds is 7. The monoisotopic (exact) mass is 434 g/mol. The van der Waals surface area contributed by atoms with E-state index in [4.69, 9.17) is 4.52 Å². The van der Waals surface area contributed by atoms with Crippen LogP contribution in [0.3, 0.4) is 0 Å². The second kappa shape index (κ2) is 8.49. The minimum absolute atomic E-state index is 0.0592. The van der Waals surface area contributed by atoms with Crippen LogP contribution in [0.15, 0.2) is 82.5 Å². The SMILES string of the molecule is CC(=O)c1ccc(S(=O)(=O)Nc2ccccc2Cc2nc(-c3cccnc3)no2)cc1. The van der Waals surface area contributed by atoms with Crippen LogP contribution in [-0.4, -0.2) is 29.3 Å². The van der Waals surface area contributed by atoms with Crippen LogP contribution in [0, 0.1) is 0 Å². The fraction of sp³-hybridized carbons (Fsp3) is 0.0909. The van der Waals surface area contributed by atoms with E-state index in [-0.39, 0.29) is 17.1 Å². The summed E-state index contributed by atoms with van der Waals surface area (Å²) < 4.78 is 33.6. The summed E-state index contributed by atoms with van der Waals surface area (Å²) in [5, 5.41) is 3.96. The lowest BCUT2D eigenvalue weighted by Crippen LogP contribution is -2.14. The Hall–Kier alpha value is -3.85. The number of nitrogens with one attached hydrogen (secondary N) is 1. The highest BCUT2D eigenvalue weighted by atomic mass is 32.2. The first kappa shape index (κ1) is 20.4. The Kier molecular flexibility index (Phi) is 5.59. The van der Waals surface area contributed by atoms with Crippen LogP contribution in [0.25, 0.3) is 11.4 Å². The Bertz CT molecular complexity index is 1320. The van der Waals surface area contributed by atoms with Gasteiger partial charge < -0.3 is 4.52 Å². The van der Waals surface area contributed by atoms with E-state index in [1.807, 2.05) is 6.07 Å². The summed E-state index contributed by atoms with van der Waals surface area (Å²) in [6, 6.07) is 16.4. The van der Waals surface area contributed by atoms with Crippen LogP contribution in [0.1, 0.15) is 28.7 Å². The van der Waals surface area contributed by atoms with Gasteiger partial charge in [-0.2, -0.15) is 4.98 Å². The van der Waals surface area contributed by atoms with Crippen molar-refractivity contribution in [2.24, 2.45) is 0 Å². The average molecular weight is 434 g/mol. The predicted molar refractivity (Wildman–Crippen MR) is 114 cm³/mol. The molecule has 0 saturated heterocycles. The van der Waals surface area contributed by atoms with Crippen molar-refractivity contribution in [3.63, 3.8) is 0 Å². The molecule has 156 valence electrons. The molecule has 0 aliphatic heterocycles. The number of Topliss-reactive ketones (excluding diaryl/α,β-unsaturated/α-hetero) is 1. The lowest BCUT2D eigenvalue weighted by atomic mass is 10.1. The highest BCUT2D eigenvalue weighted by Crippen LogP contribution is 2.23. The molecule has 8 nitrogen and oxygen atoms in total. The quantitative estimate of drug-likeness (QED) is 0.441. The minimum atomic E-state index is -3.84. The summed E-state index contributed by atoms with van der Waals surface area (Å²) in [6.07, 6.45) is 3.53. The Labute approximate surface area is 179 Å². The van der Waals surface area contributed by atoms with Crippen LogP contribution in [-0.2, 0) is 16.4 Å². The van der Waals surface area contributed by atoms with Gasteiger partial charge in [-0.05, 0) is 42.8 Å². The first-order valence-corrected chi connectivity index (χ1v) is 10.9. The smallest absolute Gasteiger partial charge is 0.261 e. The zero-order valence-corrected chi connectivity index (χ0v) is 17.3. The van der Waals surface area contributed by atoms with E-state index in [0.717, 1.165) is 5.56 Å². The summed E-state index contributed by atoms with van der Waals surface area (Å²) in [4.78, 5) is 19.9. The van der Waals surface area contributed by atoms with Crippen LogP contribution >= 0.6 is 0 Å².